The number of fused-ring (bicyclic) bond motifs is 1. The van der Waals surface area contributed by atoms with Gasteiger partial charge in [0.25, 0.3) is 5.91 Å². The summed E-state index contributed by atoms with van der Waals surface area (Å²) in [5.74, 6) is 0.743. The summed E-state index contributed by atoms with van der Waals surface area (Å²) < 4.78 is 12.7. The van der Waals surface area contributed by atoms with Crippen LogP contribution in [0.5, 0.6) is 0 Å². The van der Waals surface area contributed by atoms with Gasteiger partial charge in [-0.25, -0.2) is 4.79 Å². The zero-order valence-electron chi connectivity index (χ0n) is 15.1. The first-order chi connectivity index (χ1) is 11.7. The minimum absolute atomic E-state index is 0.170. The predicted octanol–water partition coefficient (Wildman–Crippen LogP) is 1.85. The first-order valence-corrected chi connectivity index (χ1v) is 8.14. The number of aromatic nitrogens is 3. The Morgan fingerprint density at radius 2 is 2.00 bits per heavy atom. The van der Waals surface area contributed by atoms with Gasteiger partial charge in [0.05, 0.1) is 19.4 Å². The first kappa shape index (κ1) is 17.2. The molecular formula is C17H22N4O4. The van der Waals surface area contributed by atoms with Crippen molar-refractivity contribution >= 4 is 11.9 Å². The van der Waals surface area contributed by atoms with Crippen molar-refractivity contribution < 1.29 is 18.7 Å². The smallest absolute Gasteiger partial charge is 0.331 e. The largest absolute Gasteiger partial charge is 0.459 e. The summed E-state index contributed by atoms with van der Waals surface area (Å²) in [4.78, 5) is 27.1. The topological polar surface area (TPSA) is 90.5 Å². The Morgan fingerprint density at radius 3 is 2.60 bits per heavy atom. The quantitative estimate of drug-likeness (QED) is 0.771. The molecule has 1 amide bonds. The van der Waals surface area contributed by atoms with Gasteiger partial charge in [-0.1, -0.05) is 0 Å². The van der Waals surface area contributed by atoms with Crippen LogP contribution in [-0.4, -0.2) is 43.2 Å². The molecule has 0 N–H and O–H groups in total. The number of aryl methyl sites for hydroxylation is 2. The highest BCUT2D eigenvalue weighted by Crippen LogP contribution is 2.24. The van der Waals surface area contributed by atoms with E-state index in [0.717, 1.165) is 5.56 Å². The number of hydrogen-bond donors (Lipinski definition) is 0. The molecule has 0 saturated heterocycles. The molecule has 0 spiro atoms. The van der Waals surface area contributed by atoms with Crippen molar-refractivity contribution in [2.75, 3.05) is 0 Å². The van der Waals surface area contributed by atoms with Crippen molar-refractivity contribution in [3.63, 3.8) is 0 Å². The van der Waals surface area contributed by atoms with Crippen molar-refractivity contribution in [2.45, 2.75) is 59.4 Å². The molecule has 0 saturated carbocycles. The number of amides is 1. The standard InChI is InChI=1S/C17H22N4O4/c1-10-6-7-24-14(10)15(22)21-9-13-19-18-11(2)20(13)8-12(21)16(23)25-17(3,4)5/h6-7,12H,8-9H2,1-5H3/t12-/m1/s1. The lowest BCUT2D eigenvalue weighted by molar-refractivity contribution is -0.162. The van der Waals surface area contributed by atoms with Gasteiger partial charge < -0.3 is 18.6 Å². The van der Waals surface area contributed by atoms with Gasteiger partial charge in [-0.05, 0) is 40.7 Å². The van der Waals surface area contributed by atoms with Crippen LogP contribution in [-0.2, 0) is 22.6 Å². The van der Waals surface area contributed by atoms with Gasteiger partial charge in [0.2, 0.25) is 0 Å². The molecule has 8 heteroatoms. The third-order valence-electron chi connectivity index (χ3n) is 4.05. The number of rotatable bonds is 2. The van der Waals surface area contributed by atoms with E-state index in [1.165, 1.54) is 11.2 Å². The Balaban J connectivity index is 1.96. The Kier molecular flexibility index (Phi) is 4.14. The molecule has 1 aliphatic heterocycles. The van der Waals surface area contributed by atoms with E-state index in [-0.39, 0.29) is 24.8 Å². The fraction of sp³-hybridized carbons (Fsp3) is 0.529. The van der Waals surface area contributed by atoms with Gasteiger partial charge in [-0.3, -0.25) is 4.79 Å². The van der Waals surface area contributed by atoms with Crippen LogP contribution >= 0.6 is 0 Å². The molecule has 0 aromatic carbocycles. The maximum atomic E-state index is 12.9. The number of hydrogen-bond acceptors (Lipinski definition) is 6. The normalized spacial score (nSPS) is 17.3. The summed E-state index contributed by atoms with van der Waals surface area (Å²) in [6.45, 7) is 9.43. The Hall–Kier alpha value is -2.64. The Labute approximate surface area is 145 Å². The highest BCUT2D eigenvalue weighted by molar-refractivity contribution is 5.95. The van der Waals surface area contributed by atoms with Crippen LogP contribution in [0.25, 0.3) is 0 Å². The van der Waals surface area contributed by atoms with Crippen molar-refractivity contribution in [1.29, 1.82) is 0 Å². The lowest BCUT2D eigenvalue weighted by Crippen LogP contribution is -2.52. The highest BCUT2D eigenvalue weighted by Gasteiger charge is 2.40. The van der Waals surface area contributed by atoms with Crippen LogP contribution in [0.15, 0.2) is 16.7 Å². The molecule has 2 aromatic rings. The molecule has 0 radical (unpaired) electrons. The van der Waals surface area contributed by atoms with Gasteiger partial charge in [0, 0.05) is 5.56 Å². The fourth-order valence-electron chi connectivity index (χ4n) is 2.82. The number of ether oxygens (including phenoxy) is 1. The van der Waals surface area contributed by atoms with Crippen molar-refractivity contribution in [2.24, 2.45) is 0 Å². The molecule has 0 bridgehead atoms. The van der Waals surface area contributed by atoms with Crippen molar-refractivity contribution in [1.82, 2.24) is 19.7 Å². The molecule has 3 heterocycles. The SMILES string of the molecule is Cc1ccoc1C(=O)N1Cc2nnc(C)n2C[C@@H]1C(=O)OC(C)(C)C. The average Bonchev–Trinajstić information content (AvgIpc) is 3.10. The van der Waals surface area contributed by atoms with Gasteiger partial charge in [0.15, 0.2) is 11.6 Å². The zero-order valence-corrected chi connectivity index (χ0v) is 15.1. The second-order valence-corrected chi connectivity index (χ2v) is 7.19. The number of nitrogens with zero attached hydrogens (tertiary/aromatic N) is 4. The second-order valence-electron chi connectivity index (χ2n) is 7.19. The van der Waals surface area contributed by atoms with E-state index in [9.17, 15) is 9.59 Å². The first-order valence-electron chi connectivity index (χ1n) is 8.14. The number of esters is 1. The van der Waals surface area contributed by atoms with E-state index in [1.807, 2.05) is 11.5 Å². The van der Waals surface area contributed by atoms with Crippen LogP contribution in [0.2, 0.25) is 0 Å². The lowest BCUT2D eigenvalue weighted by Gasteiger charge is -2.35. The van der Waals surface area contributed by atoms with E-state index in [1.54, 1.807) is 33.8 Å². The van der Waals surface area contributed by atoms with Crippen LogP contribution in [0, 0.1) is 13.8 Å². The molecule has 1 atom stereocenters. The monoisotopic (exact) mass is 346 g/mol. The van der Waals surface area contributed by atoms with Crippen LogP contribution < -0.4 is 0 Å². The maximum Gasteiger partial charge on any atom is 0.331 e. The van der Waals surface area contributed by atoms with Crippen LogP contribution in [0.3, 0.4) is 0 Å². The third-order valence-corrected chi connectivity index (χ3v) is 4.05. The van der Waals surface area contributed by atoms with Gasteiger partial charge in [0.1, 0.15) is 17.5 Å². The number of carbonyl (C=O) groups is 2. The minimum atomic E-state index is -0.765. The van der Waals surface area contributed by atoms with E-state index in [4.69, 9.17) is 9.15 Å². The third kappa shape index (κ3) is 3.29. The molecule has 134 valence electrons. The molecule has 0 unspecified atom stereocenters. The number of furan rings is 1. The van der Waals surface area contributed by atoms with Crippen LogP contribution in [0.4, 0.5) is 0 Å². The van der Waals surface area contributed by atoms with Gasteiger partial charge in [-0.2, -0.15) is 0 Å². The summed E-state index contributed by atoms with van der Waals surface area (Å²) in [6, 6.07) is 0.949. The number of carbonyl (C=O) groups excluding carboxylic acids is 2. The van der Waals surface area contributed by atoms with E-state index < -0.39 is 17.6 Å². The summed E-state index contributed by atoms with van der Waals surface area (Å²) in [5, 5.41) is 8.14. The van der Waals surface area contributed by atoms with Crippen molar-refractivity contribution in [3.8, 4) is 0 Å². The predicted molar refractivity (Wildman–Crippen MR) is 87.7 cm³/mol. The lowest BCUT2D eigenvalue weighted by atomic mass is 10.1. The molecular weight excluding hydrogens is 324 g/mol. The maximum absolute atomic E-state index is 12.9. The molecule has 25 heavy (non-hydrogen) atoms. The summed E-state index contributed by atoms with van der Waals surface area (Å²) in [5.41, 5.74) is 0.0747. The van der Waals surface area contributed by atoms with Crippen LogP contribution in [0.1, 0.15) is 48.5 Å². The molecule has 0 fully saturated rings. The van der Waals surface area contributed by atoms with Gasteiger partial charge >= 0.3 is 5.97 Å². The van der Waals surface area contributed by atoms with E-state index in [0.29, 0.717) is 11.6 Å². The van der Waals surface area contributed by atoms with E-state index >= 15 is 0 Å². The molecule has 3 rings (SSSR count). The molecule has 0 aliphatic carbocycles. The summed E-state index contributed by atoms with van der Waals surface area (Å²) in [6.07, 6.45) is 1.46. The molecule has 2 aromatic heterocycles. The highest BCUT2D eigenvalue weighted by atomic mass is 16.6. The summed E-state index contributed by atoms with van der Waals surface area (Å²) in [7, 11) is 0. The second kappa shape index (κ2) is 6.02. The zero-order chi connectivity index (χ0) is 18.4. The average molecular weight is 346 g/mol. The van der Waals surface area contributed by atoms with Gasteiger partial charge in [-0.15, -0.1) is 10.2 Å². The Morgan fingerprint density at radius 1 is 1.28 bits per heavy atom. The van der Waals surface area contributed by atoms with E-state index in [2.05, 4.69) is 10.2 Å². The minimum Gasteiger partial charge on any atom is -0.459 e. The molecule has 8 nitrogen and oxygen atoms in total. The molecule has 1 aliphatic rings. The fourth-order valence-corrected chi connectivity index (χ4v) is 2.82. The Bertz CT molecular complexity index is 815. The summed E-state index contributed by atoms with van der Waals surface area (Å²) >= 11 is 0. The van der Waals surface area contributed by atoms with Crippen molar-refractivity contribution in [3.05, 3.63) is 35.3 Å².